The van der Waals surface area contributed by atoms with Crippen LogP contribution in [0.2, 0.25) is 0 Å². The molecule has 0 bridgehead atoms. The molecule has 2 heteroatoms. The van der Waals surface area contributed by atoms with Crippen LogP contribution in [0.3, 0.4) is 0 Å². The van der Waals surface area contributed by atoms with E-state index < -0.39 is 0 Å². The van der Waals surface area contributed by atoms with Gasteiger partial charge in [0.05, 0.1) is 0 Å². The highest BCUT2D eigenvalue weighted by molar-refractivity contribution is 7.38. The van der Waals surface area contributed by atoms with Crippen molar-refractivity contribution in [1.29, 1.82) is 0 Å². The zero-order valence-corrected chi connectivity index (χ0v) is 5.94. The van der Waals surface area contributed by atoms with E-state index in [4.69, 9.17) is 5.11 Å². The number of aliphatic hydroxyl groups is 1. The normalized spacial score (nSPS) is 12.0. The summed E-state index contributed by atoms with van der Waals surface area (Å²) in [5, 5.41) is 8.32. The van der Waals surface area contributed by atoms with Gasteiger partial charge in [0.25, 0.3) is 0 Å². The van der Waals surface area contributed by atoms with E-state index in [0.717, 1.165) is 20.4 Å². The molecule has 1 nitrogen and oxygen atoms in total. The molecule has 0 saturated heterocycles. The SMILES string of the molecule is CC(C)PCCO. The first-order valence-electron chi connectivity index (χ1n) is 2.61. The van der Waals surface area contributed by atoms with Gasteiger partial charge >= 0.3 is 0 Å². The van der Waals surface area contributed by atoms with Gasteiger partial charge in [0, 0.05) is 6.61 Å². The van der Waals surface area contributed by atoms with Crippen LogP contribution in [-0.2, 0) is 0 Å². The van der Waals surface area contributed by atoms with E-state index in [1.165, 1.54) is 0 Å². The Bertz CT molecular complexity index is 37.1. The van der Waals surface area contributed by atoms with Crippen LogP contribution in [0.5, 0.6) is 0 Å². The van der Waals surface area contributed by atoms with Crippen LogP contribution in [-0.4, -0.2) is 23.5 Å². The van der Waals surface area contributed by atoms with Gasteiger partial charge in [-0.2, -0.15) is 0 Å². The first kappa shape index (κ1) is 7.39. The highest BCUT2D eigenvalue weighted by Crippen LogP contribution is 2.15. The number of hydrogen-bond donors (Lipinski definition) is 1. The van der Waals surface area contributed by atoms with Gasteiger partial charge in [-0.15, -0.1) is 8.58 Å². The van der Waals surface area contributed by atoms with Gasteiger partial charge < -0.3 is 5.11 Å². The molecule has 0 aromatic rings. The molecule has 0 spiro atoms. The van der Waals surface area contributed by atoms with Crippen molar-refractivity contribution < 1.29 is 5.11 Å². The van der Waals surface area contributed by atoms with Gasteiger partial charge in [0.1, 0.15) is 0 Å². The lowest BCUT2D eigenvalue weighted by Crippen LogP contribution is -1.89. The highest BCUT2D eigenvalue weighted by Gasteiger charge is 1.88. The third kappa shape index (κ3) is 6.39. The van der Waals surface area contributed by atoms with Crippen molar-refractivity contribution in [2.45, 2.75) is 19.5 Å². The fourth-order valence-corrected chi connectivity index (χ4v) is 1.06. The maximum atomic E-state index is 8.32. The first-order valence-corrected chi connectivity index (χ1v) is 3.90. The van der Waals surface area contributed by atoms with E-state index in [2.05, 4.69) is 13.8 Å². The van der Waals surface area contributed by atoms with Crippen molar-refractivity contribution in [1.82, 2.24) is 0 Å². The quantitative estimate of drug-likeness (QED) is 0.552. The second kappa shape index (κ2) is 4.55. The van der Waals surface area contributed by atoms with Gasteiger partial charge in [-0.05, 0) is 11.8 Å². The Morgan fingerprint density at radius 1 is 1.57 bits per heavy atom. The summed E-state index contributed by atoms with van der Waals surface area (Å²) >= 11 is 0. The summed E-state index contributed by atoms with van der Waals surface area (Å²) in [7, 11) is 0.939. The molecule has 44 valence electrons. The van der Waals surface area contributed by atoms with E-state index in [1.54, 1.807) is 0 Å². The van der Waals surface area contributed by atoms with Crippen LogP contribution in [0.1, 0.15) is 13.8 Å². The van der Waals surface area contributed by atoms with Crippen molar-refractivity contribution >= 4 is 8.58 Å². The van der Waals surface area contributed by atoms with E-state index in [-0.39, 0.29) is 0 Å². The zero-order valence-electron chi connectivity index (χ0n) is 4.94. The minimum atomic E-state index is 0.358. The molecule has 0 aliphatic heterocycles. The van der Waals surface area contributed by atoms with Crippen LogP contribution >= 0.6 is 8.58 Å². The van der Waals surface area contributed by atoms with E-state index in [0.29, 0.717) is 6.61 Å². The van der Waals surface area contributed by atoms with Gasteiger partial charge in [0.15, 0.2) is 0 Å². The summed E-state index contributed by atoms with van der Waals surface area (Å²) in [6, 6.07) is 0. The molecule has 0 aliphatic carbocycles. The minimum Gasteiger partial charge on any atom is -0.396 e. The molecule has 0 saturated carbocycles. The summed E-state index contributed by atoms with van der Waals surface area (Å²) in [6.45, 7) is 4.71. The Labute approximate surface area is 46.9 Å². The van der Waals surface area contributed by atoms with Crippen molar-refractivity contribution in [3.8, 4) is 0 Å². The molecule has 7 heavy (non-hydrogen) atoms. The third-order valence-electron chi connectivity index (χ3n) is 0.664. The molecule has 0 aliphatic rings. The molecule has 1 N–H and O–H groups in total. The largest absolute Gasteiger partial charge is 0.396 e. The molecule has 0 amide bonds. The Morgan fingerprint density at radius 3 is 2.29 bits per heavy atom. The third-order valence-corrected chi connectivity index (χ3v) is 1.99. The molecule has 0 heterocycles. The van der Waals surface area contributed by atoms with E-state index in [1.807, 2.05) is 0 Å². The second-order valence-corrected chi connectivity index (χ2v) is 3.90. The molecule has 0 radical (unpaired) electrons. The molecular formula is C5H13OP. The van der Waals surface area contributed by atoms with Crippen molar-refractivity contribution in [3.63, 3.8) is 0 Å². The lowest BCUT2D eigenvalue weighted by Gasteiger charge is -1.99. The van der Waals surface area contributed by atoms with Crippen LogP contribution < -0.4 is 0 Å². The Hall–Kier alpha value is 0.390. The Morgan fingerprint density at radius 2 is 2.14 bits per heavy atom. The van der Waals surface area contributed by atoms with Crippen molar-refractivity contribution in [2.24, 2.45) is 0 Å². The molecule has 1 atom stereocenters. The Balaban J connectivity index is 2.68. The number of rotatable bonds is 3. The monoisotopic (exact) mass is 120 g/mol. The predicted octanol–water partition coefficient (Wildman–Crippen LogP) is 1.07. The molecule has 1 unspecified atom stereocenters. The van der Waals surface area contributed by atoms with Gasteiger partial charge in [-0.25, -0.2) is 0 Å². The molecule has 0 aromatic heterocycles. The summed E-state index contributed by atoms with van der Waals surface area (Å²) in [5.74, 6) is 0. The summed E-state index contributed by atoms with van der Waals surface area (Å²) in [6.07, 6.45) is 0.984. The molecule has 0 aromatic carbocycles. The van der Waals surface area contributed by atoms with E-state index in [9.17, 15) is 0 Å². The summed E-state index contributed by atoms with van der Waals surface area (Å²) < 4.78 is 0. The average Bonchev–Trinajstić information content (AvgIpc) is 1.61. The van der Waals surface area contributed by atoms with Gasteiger partial charge in [-0.3, -0.25) is 0 Å². The topological polar surface area (TPSA) is 20.2 Å². The fraction of sp³-hybridized carbons (Fsp3) is 1.00. The van der Waals surface area contributed by atoms with Crippen LogP contribution in [0.15, 0.2) is 0 Å². The molecular weight excluding hydrogens is 107 g/mol. The van der Waals surface area contributed by atoms with Crippen molar-refractivity contribution in [3.05, 3.63) is 0 Å². The maximum absolute atomic E-state index is 8.32. The molecule has 0 rings (SSSR count). The van der Waals surface area contributed by atoms with Gasteiger partial charge in [-0.1, -0.05) is 13.8 Å². The lowest BCUT2D eigenvalue weighted by molar-refractivity contribution is 0.322. The smallest absolute Gasteiger partial charge is 0.0467 e. The maximum Gasteiger partial charge on any atom is 0.0467 e. The standard InChI is InChI=1S/C5H13OP/c1-5(2)7-4-3-6/h5-7H,3-4H2,1-2H3. The number of aliphatic hydroxyl groups excluding tert-OH is 1. The number of hydrogen-bond acceptors (Lipinski definition) is 1. The first-order chi connectivity index (χ1) is 3.27. The van der Waals surface area contributed by atoms with E-state index >= 15 is 0 Å². The van der Waals surface area contributed by atoms with Gasteiger partial charge in [0.2, 0.25) is 0 Å². The van der Waals surface area contributed by atoms with Crippen LogP contribution in [0.25, 0.3) is 0 Å². The fourth-order valence-electron chi connectivity index (χ4n) is 0.353. The summed E-state index contributed by atoms with van der Waals surface area (Å²) in [4.78, 5) is 0. The minimum absolute atomic E-state index is 0.358. The zero-order chi connectivity index (χ0) is 5.70. The second-order valence-electron chi connectivity index (χ2n) is 1.83. The van der Waals surface area contributed by atoms with Crippen LogP contribution in [0, 0.1) is 0 Å². The highest BCUT2D eigenvalue weighted by atomic mass is 31.1. The van der Waals surface area contributed by atoms with Crippen molar-refractivity contribution in [2.75, 3.05) is 12.8 Å². The summed E-state index contributed by atoms with van der Waals surface area (Å²) in [5.41, 5.74) is 0.771. The predicted molar refractivity (Wildman–Crippen MR) is 35.4 cm³/mol. The average molecular weight is 120 g/mol. The van der Waals surface area contributed by atoms with Crippen LogP contribution in [0.4, 0.5) is 0 Å². The molecule has 0 fully saturated rings. The Kier molecular flexibility index (Phi) is 4.80. The lowest BCUT2D eigenvalue weighted by atomic mass is 10.6.